The number of carbonyl (C=O) groups is 1. The Morgan fingerprint density at radius 1 is 1.45 bits per heavy atom. The van der Waals surface area contributed by atoms with E-state index in [1.54, 1.807) is 17.5 Å². The van der Waals surface area contributed by atoms with Crippen LogP contribution in [0.3, 0.4) is 0 Å². The topological polar surface area (TPSA) is 53.4 Å². The molecule has 2 atom stereocenters. The number of hydrogen-bond acceptors (Lipinski definition) is 4. The molecule has 2 aromatic rings. The second-order valence-electron chi connectivity index (χ2n) is 5.81. The molecule has 0 saturated carbocycles. The highest BCUT2D eigenvalue weighted by Crippen LogP contribution is 2.35. The van der Waals surface area contributed by atoms with Gasteiger partial charge in [-0.2, -0.15) is 0 Å². The van der Waals surface area contributed by atoms with Crippen LogP contribution in [0.5, 0.6) is 0 Å². The first-order valence-corrected chi connectivity index (χ1v) is 8.40. The number of thiophene rings is 1. The molecule has 0 amide bonds. The smallest absolute Gasteiger partial charge is 0.307 e. The van der Waals surface area contributed by atoms with E-state index in [-0.39, 0.29) is 12.0 Å². The average Bonchev–Trinajstić information content (AvgIpc) is 2.95. The summed E-state index contributed by atoms with van der Waals surface area (Å²) in [6.45, 7) is 3.64. The van der Waals surface area contributed by atoms with E-state index in [0.29, 0.717) is 6.54 Å². The Morgan fingerprint density at radius 2 is 2.32 bits per heavy atom. The fourth-order valence-electron chi connectivity index (χ4n) is 3.14. The maximum Gasteiger partial charge on any atom is 0.307 e. The van der Waals surface area contributed by atoms with Crippen molar-refractivity contribution in [3.63, 3.8) is 0 Å². The summed E-state index contributed by atoms with van der Waals surface area (Å²) in [4.78, 5) is 20.4. The Kier molecular flexibility index (Phi) is 4.55. The van der Waals surface area contributed by atoms with Gasteiger partial charge in [-0.15, -0.1) is 11.3 Å². The van der Waals surface area contributed by atoms with Gasteiger partial charge in [-0.3, -0.25) is 14.7 Å². The normalized spacial score (nSPS) is 20.7. The first kappa shape index (κ1) is 15.2. The van der Waals surface area contributed by atoms with E-state index in [9.17, 15) is 9.90 Å². The largest absolute Gasteiger partial charge is 0.481 e. The average molecular weight is 316 g/mol. The molecule has 1 aliphatic rings. The molecule has 3 rings (SSSR count). The van der Waals surface area contributed by atoms with Crippen molar-refractivity contribution < 1.29 is 9.90 Å². The molecular weight excluding hydrogens is 296 g/mol. The van der Waals surface area contributed by atoms with Crippen LogP contribution >= 0.6 is 11.3 Å². The van der Waals surface area contributed by atoms with Crippen molar-refractivity contribution in [3.8, 4) is 0 Å². The predicted octanol–water partition coefficient (Wildman–Crippen LogP) is 3.34. The summed E-state index contributed by atoms with van der Waals surface area (Å²) in [5, 5.41) is 9.35. The van der Waals surface area contributed by atoms with Gasteiger partial charge in [0.2, 0.25) is 0 Å². The van der Waals surface area contributed by atoms with E-state index in [4.69, 9.17) is 0 Å². The lowest BCUT2D eigenvalue weighted by Gasteiger charge is -2.36. The molecule has 4 nitrogen and oxygen atoms in total. The van der Waals surface area contributed by atoms with Crippen LogP contribution in [0.1, 0.15) is 34.2 Å². The van der Waals surface area contributed by atoms with Crippen molar-refractivity contribution in [1.29, 1.82) is 0 Å². The molecule has 2 unspecified atom stereocenters. The molecule has 0 radical (unpaired) electrons. The van der Waals surface area contributed by atoms with Crippen LogP contribution in [-0.4, -0.2) is 34.0 Å². The molecule has 3 heterocycles. The second kappa shape index (κ2) is 6.58. The summed E-state index contributed by atoms with van der Waals surface area (Å²) in [7, 11) is 0. The van der Waals surface area contributed by atoms with E-state index in [2.05, 4.69) is 35.0 Å². The SMILES string of the molecule is Cc1ccc(C(c2cccnc2)N2CCCC(C(=O)O)C2)s1. The molecule has 116 valence electrons. The van der Waals surface area contributed by atoms with Crippen LogP contribution in [0.4, 0.5) is 0 Å². The molecule has 2 aromatic heterocycles. The van der Waals surface area contributed by atoms with Crippen molar-refractivity contribution in [2.75, 3.05) is 13.1 Å². The maximum absolute atomic E-state index is 11.4. The highest BCUT2D eigenvalue weighted by atomic mass is 32.1. The van der Waals surface area contributed by atoms with Crippen molar-refractivity contribution in [1.82, 2.24) is 9.88 Å². The number of aromatic nitrogens is 1. The molecule has 22 heavy (non-hydrogen) atoms. The Bertz CT molecular complexity index is 641. The van der Waals surface area contributed by atoms with Gasteiger partial charge in [-0.1, -0.05) is 6.07 Å². The third-order valence-corrected chi connectivity index (χ3v) is 5.25. The number of aliphatic carboxylic acids is 1. The molecule has 0 spiro atoms. The van der Waals surface area contributed by atoms with Gasteiger partial charge in [0.15, 0.2) is 0 Å². The zero-order valence-corrected chi connectivity index (χ0v) is 13.4. The van der Waals surface area contributed by atoms with E-state index in [0.717, 1.165) is 24.9 Å². The number of aryl methyl sites for hydroxylation is 1. The lowest BCUT2D eigenvalue weighted by Crippen LogP contribution is -2.41. The van der Waals surface area contributed by atoms with Gasteiger partial charge in [-0.05, 0) is 50.1 Å². The number of nitrogens with zero attached hydrogens (tertiary/aromatic N) is 2. The molecule has 1 N–H and O–H groups in total. The summed E-state index contributed by atoms with van der Waals surface area (Å²) in [6.07, 6.45) is 5.37. The Hall–Kier alpha value is -1.72. The standard InChI is InChI=1S/C17H20N2O2S/c1-12-6-7-15(22-12)16(13-4-2-8-18-10-13)19-9-3-5-14(11-19)17(20)21/h2,4,6-8,10,14,16H,3,5,9,11H2,1H3,(H,20,21). The molecule has 5 heteroatoms. The second-order valence-corrected chi connectivity index (χ2v) is 7.13. The first-order valence-electron chi connectivity index (χ1n) is 7.58. The van der Waals surface area contributed by atoms with Crippen molar-refractivity contribution in [2.45, 2.75) is 25.8 Å². The van der Waals surface area contributed by atoms with Crippen LogP contribution in [0, 0.1) is 12.8 Å². The van der Waals surface area contributed by atoms with Gasteiger partial charge in [-0.25, -0.2) is 0 Å². The fourth-order valence-corrected chi connectivity index (χ4v) is 4.18. The van der Waals surface area contributed by atoms with Gasteiger partial charge in [0.25, 0.3) is 0 Å². The van der Waals surface area contributed by atoms with Gasteiger partial charge < -0.3 is 5.11 Å². The highest BCUT2D eigenvalue weighted by molar-refractivity contribution is 7.12. The van der Waals surface area contributed by atoms with Crippen molar-refractivity contribution in [2.24, 2.45) is 5.92 Å². The van der Waals surface area contributed by atoms with E-state index >= 15 is 0 Å². The number of pyridine rings is 1. The summed E-state index contributed by atoms with van der Waals surface area (Å²) < 4.78 is 0. The number of piperidine rings is 1. The molecule has 0 aliphatic carbocycles. The number of rotatable bonds is 4. The third-order valence-electron chi connectivity index (χ3n) is 4.20. The van der Waals surface area contributed by atoms with E-state index < -0.39 is 5.97 Å². The van der Waals surface area contributed by atoms with E-state index in [1.165, 1.54) is 9.75 Å². The summed E-state index contributed by atoms with van der Waals surface area (Å²) >= 11 is 1.78. The molecule has 0 aromatic carbocycles. The minimum atomic E-state index is -0.683. The fraction of sp³-hybridized carbons (Fsp3) is 0.412. The van der Waals surface area contributed by atoms with Crippen LogP contribution < -0.4 is 0 Å². The maximum atomic E-state index is 11.4. The summed E-state index contributed by atoms with van der Waals surface area (Å²) in [5.74, 6) is -0.953. The van der Waals surface area contributed by atoms with Crippen LogP contribution in [0.15, 0.2) is 36.7 Å². The minimum Gasteiger partial charge on any atom is -0.481 e. The first-order chi connectivity index (χ1) is 10.6. The van der Waals surface area contributed by atoms with Gasteiger partial charge in [0.05, 0.1) is 12.0 Å². The monoisotopic (exact) mass is 316 g/mol. The van der Waals surface area contributed by atoms with Crippen LogP contribution in [-0.2, 0) is 4.79 Å². The van der Waals surface area contributed by atoms with Gasteiger partial charge in [0.1, 0.15) is 0 Å². The highest BCUT2D eigenvalue weighted by Gasteiger charge is 2.31. The molecule has 1 aliphatic heterocycles. The zero-order chi connectivity index (χ0) is 15.5. The van der Waals surface area contributed by atoms with Crippen molar-refractivity contribution >= 4 is 17.3 Å². The number of likely N-dealkylation sites (tertiary alicyclic amines) is 1. The lowest BCUT2D eigenvalue weighted by molar-refractivity contribution is -0.143. The zero-order valence-electron chi connectivity index (χ0n) is 12.6. The molecule has 1 saturated heterocycles. The molecular formula is C17H20N2O2S. The number of hydrogen-bond donors (Lipinski definition) is 1. The Morgan fingerprint density at radius 3 is 2.95 bits per heavy atom. The van der Waals surface area contributed by atoms with Crippen LogP contribution in [0.2, 0.25) is 0 Å². The lowest BCUT2D eigenvalue weighted by atomic mass is 9.94. The third kappa shape index (κ3) is 3.20. The Balaban J connectivity index is 1.93. The number of carboxylic acids is 1. The molecule has 0 bridgehead atoms. The molecule has 1 fully saturated rings. The minimum absolute atomic E-state index is 0.106. The van der Waals surface area contributed by atoms with Crippen molar-refractivity contribution in [3.05, 3.63) is 52.0 Å². The predicted molar refractivity (Wildman–Crippen MR) is 87.1 cm³/mol. The van der Waals surface area contributed by atoms with E-state index in [1.807, 2.05) is 12.3 Å². The summed E-state index contributed by atoms with van der Waals surface area (Å²) in [5.41, 5.74) is 1.13. The van der Waals surface area contributed by atoms with Gasteiger partial charge >= 0.3 is 5.97 Å². The number of carboxylic acid groups (broad SMARTS) is 1. The van der Waals surface area contributed by atoms with Crippen LogP contribution in [0.25, 0.3) is 0 Å². The summed E-state index contributed by atoms with van der Waals surface area (Å²) in [6, 6.07) is 8.41. The quantitative estimate of drug-likeness (QED) is 0.940. The van der Waals surface area contributed by atoms with Gasteiger partial charge in [0, 0.05) is 28.7 Å². The Labute approximate surface area is 134 Å².